The summed E-state index contributed by atoms with van der Waals surface area (Å²) >= 11 is 0. The van der Waals surface area contributed by atoms with Crippen molar-refractivity contribution in [2.45, 2.75) is 6.92 Å². The van der Waals surface area contributed by atoms with Crippen LogP contribution in [0, 0.1) is 17.0 Å². The fourth-order valence-corrected chi connectivity index (χ4v) is 1.63. The third-order valence-electron chi connectivity index (χ3n) is 2.47. The second-order valence-corrected chi connectivity index (χ2v) is 3.55. The number of aryl methyl sites for hydroxylation is 1. The summed E-state index contributed by atoms with van der Waals surface area (Å²) in [5.41, 5.74) is -1.70. The standard InChI is InChI=1S/C11H12N2O7/c1-5-8(13(16)17)6(10(14)19-3)7(11(15)20-4)9(12-5)18-2/h1-4H3. The average molecular weight is 284 g/mol. The highest BCUT2D eigenvalue weighted by Gasteiger charge is 2.35. The van der Waals surface area contributed by atoms with Crippen molar-refractivity contribution in [3.63, 3.8) is 0 Å². The maximum absolute atomic E-state index is 11.8. The second-order valence-electron chi connectivity index (χ2n) is 3.55. The van der Waals surface area contributed by atoms with Crippen LogP contribution in [0.15, 0.2) is 0 Å². The SMILES string of the molecule is COC(=O)c1c(OC)nc(C)c([N+](=O)[O-])c1C(=O)OC. The Bertz CT molecular complexity index is 583. The third-order valence-corrected chi connectivity index (χ3v) is 2.47. The fourth-order valence-electron chi connectivity index (χ4n) is 1.63. The van der Waals surface area contributed by atoms with Crippen LogP contribution in [0.25, 0.3) is 0 Å². The topological polar surface area (TPSA) is 118 Å². The summed E-state index contributed by atoms with van der Waals surface area (Å²) in [5.74, 6) is -2.29. The molecule has 0 unspecified atom stereocenters. The Hall–Kier alpha value is -2.71. The molecule has 0 aromatic carbocycles. The zero-order valence-electron chi connectivity index (χ0n) is 11.3. The highest BCUT2D eigenvalue weighted by molar-refractivity contribution is 6.07. The molecule has 0 amide bonds. The molecule has 0 radical (unpaired) electrons. The van der Waals surface area contributed by atoms with Gasteiger partial charge in [-0.15, -0.1) is 0 Å². The lowest BCUT2D eigenvalue weighted by Crippen LogP contribution is -2.18. The molecule has 1 aromatic rings. The molecule has 0 bridgehead atoms. The van der Waals surface area contributed by atoms with Crippen molar-refractivity contribution < 1.29 is 28.7 Å². The molecule has 0 spiro atoms. The molecule has 1 heterocycles. The minimum atomic E-state index is -1.05. The summed E-state index contributed by atoms with van der Waals surface area (Å²) < 4.78 is 13.9. The molecule has 20 heavy (non-hydrogen) atoms. The van der Waals surface area contributed by atoms with Crippen LogP contribution in [0.3, 0.4) is 0 Å². The van der Waals surface area contributed by atoms with Gasteiger partial charge in [0.1, 0.15) is 11.3 Å². The number of aromatic nitrogens is 1. The first kappa shape index (κ1) is 15.3. The molecule has 0 saturated heterocycles. The van der Waals surface area contributed by atoms with E-state index in [1.54, 1.807) is 0 Å². The van der Waals surface area contributed by atoms with E-state index >= 15 is 0 Å². The zero-order chi connectivity index (χ0) is 15.4. The molecule has 0 atom stereocenters. The summed E-state index contributed by atoms with van der Waals surface area (Å²) in [6.07, 6.45) is 0. The van der Waals surface area contributed by atoms with Crippen molar-refractivity contribution in [1.82, 2.24) is 4.98 Å². The van der Waals surface area contributed by atoms with Crippen LogP contribution >= 0.6 is 0 Å². The first-order chi connectivity index (χ1) is 9.38. The van der Waals surface area contributed by atoms with E-state index in [1.807, 2.05) is 0 Å². The fraction of sp³-hybridized carbons (Fsp3) is 0.364. The van der Waals surface area contributed by atoms with Crippen LogP contribution in [0.5, 0.6) is 5.88 Å². The number of nitro groups is 1. The van der Waals surface area contributed by atoms with Crippen LogP contribution in [-0.4, -0.2) is 43.2 Å². The van der Waals surface area contributed by atoms with E-state index in [9.17, 15) is 19.7 Å². The minimum absolute atomic E-state index is 0.0834. The van der Waals surface area contributed by atoms with Crippen LogP contribution in [-0.2, 0) is 9.47 Å². The highest BCUT2D eigenvalue weighted by atomic mass is 16.6. The predicted octanol–water partition coefficient (Wildman–Crippen LogP) is 0.880. The van der Waals surface area contributed by atoms with Gasteiger partial charge in [0.25, 0.3) is 0 Å². The van der Waals surface area contributed by atoms with Gasteiger partial charge in [-0.25, -0.2) is 14.6 Å². The lowest BCUT2D eigenvalue weighted by Gasteiger charge is -2.12. The van der Waals surface area contributed by atoms with Gasteiger partial charge in [-0.05, 0) is 6.92 Å². The molecular formula is C11H12N2O7. The van der Waals surface area contributed by atoms with Gasteiger partial charge in [0.15, 0.2) is 5.56 Å². The molecule has 0 N–H and O–H groups in total. The van der Waals surface area contributed by atoms with Gasteiger partial charge in [-0.1, -0.05) is 0 Å². The first-order valence-corrected chi connectivity index (χ1v) is 5.28. The molecule has 108 valence electrons. The quantitative estimate of drug-likeness (QED) is 0.454. The normalized spacial score (nSPS) is 9.80. The molecule has 9 heteroatoms. The number of carbonyl (C=O) groups excluding carboxylic acids is 2. The van der Waals surface area contributed by atoms with Gasteiger partial charge in [0, 0.05) is 0 Å². The van der Waals surface area contributed by atoms with Gasteiger partial charge in [-0.2, -0.15) is 0 Å². The summed E-state index contributed by atoms with van der Waals surface area (Å²) in [6, 6.07) is 0. The van der Waals surface area contributed by atoms with Crippen molar-refractivity contribution in [2.24, 2.45) is 0 Å². The lowest BCUT2D eigenvalue weighted by atomic mass is 10.1. The van der Waals surface area contributed by atoms with E-state index in [-0.39, 0.29) is 11.6 Å². The Balaban J connectivity index is 3.85. The van der Waals surface area contributed by atoms with Crippen LogP contribution in [0.2, 0.25) is 0 Å². The van der Waals surface area contributed by atoms with Crippen LogP contribution in [0.1, 0.15) is 26.4 Å². The number of rotatable bonds is 4. The average Bonchev–Trinajstić information content (AvgIpc) is 2.43. The molecule has 1 rings (SSSR count). The summed E-state index contributed by atoms with van der Waals surface area (Å²) in [5, 5.41) is 11.1. The van der Waals surface area contributed by atoms with Crippen molar-refractivity contribution in [1.29, 1.82) is 0 Å². The molecule has 0 fully saturated rings. The number of ether oxygens (including phenoxy) is 3. The number of esters is 2. The molecule has 9 nitrogen and oxygen atoms in total. The number of hydrogen-bond acceptors (Lipinski definition) is 8. The summed E-state index contributed by atoms with van der Waals surface area (Å²) in [4.78, 5) is 37.6. The molecular weight excluding hydrogens is 272 g/mol. The molecule has 0 aliphatic carbocycles. The van der Waals surface area contributed by atoms with E-state index < -0.39 is 33.7 Å². The Morgan fingerprint density at radius 2 is 1.60 bits per heavy atom. The number of carbonyl (C=O) groups is 2. The Labute approximate surface area is 113 Å². The number of pyridine rings is 1. The van der Waals surface area contributed by atoms with E-state index in [0.717, 1.165) is 14.2 Å². The second kappa shape index (κ2) is 5.95. The van der Waals surface area contributed by atoms with E-state index in [2.05, 4.69) is 14.5 Å². The number of methoxy groups -OCH3 is 3. The van der Waals surface area contributed by atoms with Crippen molar-refractivity contribution >= 4 is 17.6 Å². The monoisotopic (exact) mass is 284 g/mol. The number of nitrogens with zero attached hydrogens (tertiary/aromatic N) is 2. The number of hydrogen-bond donors (Lipinski definition) is 0. The lowest BCUT2D eigenvalue weighted by molar-refractivity contribution is -0.386. The predicted molar refractivity (Wildman–Crippen MR) is 64.9 cm³/mol. The van der Waals surface area contributed by atoms with Crippen molar-refractivity contribution in [3.05, 3.63) is 26.9 Å². The Kier molecular flexibility index (Phi) is 4.57. The van der Waals surface area contributed by atoms with Gasteiger partial charge >= 0.3 is 17.6 Å². The zero-order valence-corrected chi connectivity index (χ0v) is 11.3. The largest absolute Gasteiger partial charge is 0.480 e. The Morgan fingerprint density at radius 1 is 1.10 bits per heavy atom. The van der Waals surface area contributed by atoms with Crippen molar-refractivity contribution in [2.75, 3.05) is 21.3 Å². The first-order valence-electron chi connectivity index (χ1n) is 5.28. The smallest absolute Gasteiger partial charge is 0.346 e. The van der Waals surface area contributed by atoms with Gasteiger partial charge < -0.3 is 14.2 Å². The highest BCUT2D eigenvalue weighted by Crippen LogP contribution is 2.32. The third kappa shape index (κ3) is 2.51. The van der Waals surface area contributed by atoms with E-state index in [0.29, 0.717) is 0 Å². The molecule has 0 aliphatic heterocycles. The minimum Gasteiger partial charge on any atom is -0.480 e. The molecule has 1 aromatic heterocycles. The van der Waals surface area contributed by atoms with E-state index in [4.69, 9.17) is 4.74 Å². The molecule has 0 aliphatic rings. The maximum Gasteiger partial charge on any atom is 0.346 e. The van der Waals surface area contributed by atoms with Crippen molar-refractivity contribution in [3.8, 4) is 5.88 Å². The van der Waals surface area contributed by atoms with Crippen LogP contribution in [0.4, 0.5) is 5.69 Å². The van der Waals surface area contributed by atoms with Gasteiger partial charge in [-0.3, -0.25) is 10.1 Å². The van der Waals surface area contributed by atoms with Gasteiger partial charge in [0.05, 0.1) is 26.3 Å². The van der Waals surface area contributed by atoms with Crippen LogP contribution < -0.4 is 4.74 Å². The van der Waals surface area contributed by atoms with E-state index in [1.165, 1.54) is 14.0 Å². The molecule has 0 saturated carbocycles. The maximum atomic E-state index is 11.8. The summed E-state index contributed by atoms with van der Waals surface area (Å²) in [6.45, 7) is 1.31. The Morgan fingerprint density at radius 3 is 2.00 bits per heavy atom. The van der Waals surface area contributed by atoms with Gasteiger partial charge in [0.2, 0.25) is 5.88 Å². The summed E-state index contributed by atoms with van der Waals surface area (Å²) in [7, 11) is 3.31.